The molecule has 0 saturated carbocycles. The quantitative estimate of drug-likeness (QED) is 0.794. The van der Waals surface area contributed by atoms with Crippen LogP contribution in [0.3, 0.4) is 0 Å². The molecule has 1 fully saturated rings. The maximum Gasteiger partial charge on any atom is 0.0600 e. The highest BCUT2D eigenvalue weighted by Crippen LogP contribution is 2.27. The molecule has 2 N–H and O–H groups in total. The first-order valence-electron chi connectivity index (χ1n) is 6.35. The molecular weight excluding hydrogens is 210 g/mol. The van der Waals surface area contributed by atoms with Crippen LogP contribution in [0.1, 0.15) is 18.4 Å². The van der Waals surface area contributed by atoms with Gasteiger partial charge in [-0.1, -0.05) is 6.07 Å². The number of aryl methyl sites for hydroxylation is 1. The van der Waals surface area contributed by atoms with Crippen LogP contribution in [-0.2, 0) is 0 Å². The summed E-state index contributed by atoms with van der Waals surface area (Å²) >= 11 is 0. The van der Waals surface area contributed by atoms with Crippen molar-refractivity contribution in [1.82, 2.24) is 4.90 Å². The number of anilines is 2. The van der Waals surface area contributed by atoms with E-state index in [0.717, 1.165) is 5.69 Å². The minimum Gasteiger partial charge on any atom is -0.397 e. The molecule has 1 heterocycles. The molecule has 1 aliphatic heterocycles. The highest BCUT2D eigenvalue weighted by molar-refractivity contribution is 5.68. The fourth-order valence-corrected chi connectivity index (χ4v) is 2.57. The molecule has 0 aromatic heterocycles. The number of nitrogen functional groups attached to an aromatic ring is 1. The summed E-state index contributed by atoms with van der Waals surface area (Å²) in [6, 6.07) is 6.96. The monoisotopic (exact) mass is 233 g/mol. The van der Waals surface area contributed by atoms with Crippen LogP contribution >= 0.6 is 0 Å². The lowest BCUT2D eigenvalue weighted by atomic mass is 10.0. The van der Waals surface area contributed by atoms with E-state index in [1.54, 1.807) is 0 Å². The normalized spacial score (nSPS) is 18.3. The summed E-state index contributed by atoms with van der Waals surface area (Å²) in [5.74, 6) is 0. The van der Waals surface area contributed by atoms with E-state index in [9.17, 15) is 0 Å². The van der Waals surface area contributed by atoms with Gasteiger partial charge in [0.2, 0.25) is 0 Å². The summed E-state index contributed by atoms with van der Waals surface area (Å²) in [6.07, 6.45) is 2.45. The van der Waals surface area contributed by atoms with Gasteiger partial charge in [-0.3, -0.25) is 0 Å². The number of likely N-dealkylation sites (tertiary alicyclic amines) is 1. The van der Waals surface area contributed by atoms with Gasteiger partial charge in [0.1, 0.15) is 0 Å². The van der Waals surface area contributed by atoms with E-state index in [1.165, 1.54) is 37.2 Å². The predicted molar refractivity (Wildman–Crippen MR) is 74.5 cm³/mol. The van der Waals surface area contributed by atoms with Gasteiger partial charge in [0, 0.05) is 13.1 Å². The Kier molecular flexibility index (Phi) is 3.57. The number of nitrogens with two attached hydrogens (primary N) is 1. The first-order chi connectivity index (χ1) is 8.08. The topological polar surface area (TPSA) is 32.5 Å². The second-order valence-electron chi connectivity index (χ2n) is 5.21. The molecule has 1 saturated heterocycles. The molecule has 0 aliphatic carbocycles. The first-order valence-corrected chi connectivity index (χ1v) is 6.35. The van der Waals surface area contributed by atoms with Gasteiger partial charge < -0.3 is 15.5 Å². The number of nitrogens with zero attached hydrogens (tertiary/aromatic N) is 2. The van der Waals surface area contributed by atoms with Gasteiger partial charge in [-0.05, 0) is 57.6 Å². The average Bonchev–Trinajstić information content (AvgIpc) is 2.29. The lowest BCUT2D eigenvalue weighted by molar-refractivity contribution is 0.253. The van der Waals surface area contributed by atoms with Crippen LogP contribution in [0.15, 0.2) is 18.2 Å². The summed E-state index contributed by atoms with van der Waals surface area (Å²) in [5, 5.41) is 0. The molecule has 17 heavy (non-hydrogen) atoms. The summed E-state index contributed by atoms with van der Waals surface area (Å²) < 4.78 is 0. The largest absolute Gasteiger partial charge is 0.397 e. The smallest absolute Gasteiger partial charge is 0.0600 e. The number of benzene rings is 1. The fraction of sp³-hybridized carbons (Fsp3) is 0.571. The van der Waals surface area contributed by atoms with Crippen LogP contribution in [0.5, 0.6) is 0 Å². The van der Waals surface area contributed by atoms with E-state index in [2.05, 4.69) is 49.0 Å². The van der Waals surface area contributed by atoms with Crippen molar-refractivity contribution in [3.63, 3.8) is 0 Å². The zero-order valence-electron chi connectivity index (χ0n) is 11.1. The third-order valence-corrected chi connectivity index (χ3v) is 3.80. The van der Waals surface area contributed by atoms with Crippen molar-refractivity contribution in [2.45, 2.75) is 25.8 Å². The molecule has 1 aliphatic rings. The van der Waals surface area contributed by atoms with E-state index < -0.39 is 0 Å². The molecule has 0 amide bonds. The van der Waals surface area contributed by atoms with Crippen molar-refractivity contribution >= 4 is 11.4 Å². The Morgan fingerprint density at radius 2 is 1.94 bits per heavy atom. The highest BCUT2D eigenvalue weighted by atomic mass is 15.2. The van der Waals surface area contributed by atoms with Crippen molar-refractivity contribution in [2.24, 2.45) is 0 Å². The van der Waals surface area contributed by atoms with Crippen LogP contribution in [0, 0.1) is 6.92 Å². The third kappa shape index (κ3) is 2.72. The molecule has 1 aromatic carbocycles. The summed E-state index contributed by atoms with van der Waals surface area (Å²) in [4.78, 5) is 4.74. The molecule has 3 nitrogen and oxygen atoms in total. The standard InChI is InChI=1S/C14H23N3/c1-11-4-5-14(13(15)10-11)17(3)12-6-8-16(2)9-7-12/h4-5,10,12H,6-9,15H2,1-3H3. The van der Waals surface area contributed by atoms with E-state index in [-0.39, 0.29) is 0 Å². The second-order valence-corrected chi connectivity index (χ2v) is 5.21. The van der Waals surface area contributed by atoms with Gasteiger partial charge in [0.05, 0.1) is 11.4 Å². The summed E-state index contributed by atoms with van der Waals surface area (Å²) in [5.41, 5.74) is 9.40. The maximum absolute atomic E-state index is 6.10. The third-order valence-electron chi connectivity index (χ3n) is 3.80. The van der Waals surface area contributed by atoms with Gasteiger partial charge in [-0.25, -0.2) is 0 Å². The van der Waals surface area contributed by atoms with E-state index >= 15 is 0 Å². The van der Waals surface area contributed by atoms with Gasteiger partial charge in [-0.2, -0.15) is 0 Å². The van der Waals surface area contributed by atoms with Crippen LogP contribution in [0.25, 0.3) is 0 Å². The average molecular weight is 233 g/mol. The van der Waals surface area contributed by atoms with Crippen LogP contribution in [-0.4, -0.2) is 38.1 Å². The molecule has 0 radical (unpaired) electrons. The summed E-state index contributed by atoms with van der Waals surface area (Å²) in [7, 11) is 4.35. The Morgan fingerprint density at radius 1 is 1.29 bits per heavy atom. The number of hydrogen-bond donors (Lipinski definition) is 1. The van der Waals surface area contributed by atoms with Gasteiger partial charge in [0.15, 0.2) is 0 Å². The lowest BCUT2D eigenvalue weighted by Crippen LogP contribution is -2.42. The Labute approximate surface area is 104 Å². The van der Waals surface area contributed by atoms with Gasteiger partial charge in [-0.15, -0.1) is 0 Å². The van der Waals surface area contributed by atoms with Crippen LogP contribution < -0.4 is 10.6 Å². The van der Waals surface area contributed by atoms with Crippen LogP contribution in [0.2, 0.25) is 0 Å². The molecule has 0 bridgehead atoms. The second kappa shape index (κ2) is 4.96. The Hall–Kier alpha value is -1.22. The first kappa shape index (κ1) is 12.2. The Balaban J connectivity index is 2.11. The number of piperidine rings is 1. The highest BCUT2D eigenvalue weighted by Gasteiger charge is 2.21. The van der Waals surface area contributed by atoms with E-state index in [4.69, 9.17) is 5.73 Å². The molecule has 0 atom stereocenters. The Bertz CT molecular complexity index is 381. The maximum atomic E-state index is 6.10. The summed E-state index contributed by atoms with van der Waals surface area (Å²) in [6.45, 7) is 4.44. The minimum absolute atomic E-state index is 0.621. The van der Waals surface area contributed by atoms with Crippen molar-refractivity contribution in [2.75, 3.05) is 37.8 Å². The Morgan fingerprint density at radius 3 is 2.53 bits per heavy atom. The number of rotatable bonds is 2. The van der Waals surface area contributed by atoms with Gasteiger partial charge >= 0.3 is 0 Å². The zero-order chi connectivity index (χ0) is 12.4. The van der Waals surface area contributed by atoms with E-state index in [1.807, 2.05) is 0 Å². The molecular formula is C14H23N3. The fourth-order valence-electron chi connectivity index (χ4n) is 2.57. The molecule has 0 spiro atoms. The SMILES string of the molecule is Cc1ccc(N(C)C2CCN(C)CC2)c(N)c1. The van der Waals surface area contributed by atoms with E-state index in [0.29, 0.717) is 6.04 Å². The molecule has 1 aromatic rings. The van der Waals surface area contributed by atoms with Crippen molar-refractivity contribution in [1.29, 1.82) is 0 Å². The van der Waals surface area contributed by atoms with Gasteiger partial charge in [0.25, 0.3) is 0 Å². The zero-order valence-corrected chi connectivity index (χ0v) is 11.1. The van der Waals surface area contributed by atoms with Crippen molar-refractivity contribution in [3.8, 4) is 0 Å². The molecule has 2 rings (SSSR count). The molecule has 3 heteroatoms. The van der Waals surface area contributed by atoms with Crippen molar-refractivity contribution in [3.05, 3.63) is 23.8 Å². The minimum atomic E-state index is 0.621. The van der Waals surface area contributed by atoms with Crippen molar-refractivity contribution < 1.29 is 0 Å². The number of hydrogen-bond acceptors (Lipinski definition) is 3. The van der Waals surface area contributed by atoms with Crippen LogP contribution in [0.4, 0.5) is 11.4 Å². The lowest BCUT2D eigenvalue weighted by Gasteiger charge is -2.36. The predicted octanol–water partition coefficient (Wildman–Crippen LogP) is 2.11. The molecule has 94 valence electrons. The molecule has 0 unspecified atom stereocenters.